The first kappa shape index (κ1) is 20.3. The lowest BCUT2D eigenvalue weighted by Crippen LogP contribution is -2.01. The first-order valence-corrected chi connectivity index (χ1v) is 11.1. The molecular weight excluding hydrogens is 419 g/mol. The van der Waals surface area contributed by atoms with Crippen molar-refractivity contribution in [1.29, 1.82) is 0 Å². The van der Waals surface area contributed by atoms with Crippen molar-refractivity contribution in [2.45, 2.75) is 17.5 Å². The normalized spacial score (nSPS) is 10.9. The Balaban J connectivity index is 1.55. The molecule has 0 aliphatic heterocycles. The minimum Gasteiger partial charge on any atom is -0.496 e. The summed E-state index contributed by atoms with van der Waals surface area (Å²) in [4.78, 5) is 4.67. The molecule has 4 rings (SSSR count). The molecular formula is C22H19FN4OS2. The van der Waals surface area contributed by atoms with E-state index in [4.69, 9.17) is 4.74 Å². The SMILES string of the molecule is C=CCn1c(SCc2csc(-c3ccc(F)cc3)n2)nnc1-c1ccccc1OC. The van der Waals surface area contributed by atoms with Crippen molar-refractivity contribution in [3.8, 4) is 27.7 Å². The van der Waals surface area contributed by atoms with Crippen LogP contribution >= 0.6 is 23.1 Å². The van der Waals surface area contributed by atoms with Gasteiger partial charge in [0.1, 0.15) is 16.6 Å². The van der Waals surface area contributed by atoms with Gasteiger partial charge in [-0.25, -0.2) is 9.37 Å². The number of thioether (sulfide) groups is 1. The molecule has 0 saturated heterocycles. The lowest BCUT2D eigenvalue weighted by molar-refractivity contribution is 0.416. The second-order valence-electron chi connectivity index (χ2n) is 6.35. The molecule has 0 spiro atoms. The van der Waals surface area contributed by atoms with Crippen LogP contribution in [0.2, 0.25) is 0 Å². The maximum Gasteiger partial charge on any atom is 0.192 e. The second-order valence-corrected chi connectivity index (χ2v) is 8.15. The van der Waals surface area contributed by atoms with E-state index in [2.05, 4.69) is 21.8 Å². The van der Waals surface area contributed by atoms with Crippen LogP contribution in [-0.2, 0) is 12.3 Å². The lowest BCUT2D eigenvalue weighted by Gasteiger charge is -2.10. The highest BCUT2D eigenvalue weighted by molar-refractivity contribution is 7.98. The summed E-state index contributed by atoms with van der Waals surface area (Å²) >= 11 is 3.11. The van der Waals surface area contributed by atoms with E-state index in [9.17, 15) is 4.39 Å². The standard InChI is InChI=1S/C22H19FN4OS2/c1-3-12-27-20(18-6-4-5-7-19(18)28-2)25-26-22(27)30-14-17-13-29-21(24-17)15-8-10-16(23)11-9-15/h3-11,13H,1,12,14H2,2H3. The number of ether oxygens (including phenoxy) is 1. The summed E-state index contributed by atoms with van der Waals surface area (Å²) in [7, 11) is 1.64. The number of thiazole rings is 1. The van der Waals surface area contributed by atoms with Crippen LogP contribution in [0.25, 0.3) is 22.0 Å². The van der Waals surface area contributed by atoms with Crippen LogP contribution in [0.5, 0.6) is 5.75 Å². The van der Waals surface area contributed by atoms with Gasteiger partial charge in [-0.1, -0.05) is 30.0 Å². The Morgan fingerprint density at radius 2 is 1.97 bits per heavy atom. The number of hydrogen-bond donors (Lipinski definition) is 0. The molecule has 5 nitrogen and oxygen atoms in total. The highest BCUT2D eigenvalue weighted by Gasteiger charge is 2.17. The molecule has 0 atom stereocenters. The molecule has 0 N–H and O–H groups in total. The third-order valence-electron chi connectivity index (χ3n) is 4.37. The third-order valence-corrected chi connectivity index (χ3v) is 6.31. The zero-order valence-corrected chi connectivity index (χ0v) is 17.9. The van der Waals surface area contributed by atoms with Gasteiger partial charge in [-0.05, 0) is 36.4 Å². The first-order valence-electron chi connectivity index (χ1n) is 9.20. The van der Waals surface area contributed by atoms with E-state index in [-0.39, 0.29) is 5.82 Å². The molecule has 0 bridgehead atoms. The molecule has 0 radical (unpaired) electrons. The molecule has 152 valence electrons. The Hall–Kier alpha value is -2.97. The summed E-state index contributed by atoms with van der Waals surface area (Å²) in [5.41, 5.74) is 2.73. The Morgan fingerprint density at radius 1 is 1.17 bits per heavy atom. The first-order chi connectivity index (χ1) is 14.7. The number of methoxy groups -OCH3 is 1. The van der Waals surface area contributed by atoms with Crippen LogP contribution in [0, 0.1) is 5.82 Å². The molecule has 0 fully saturated rings. The number of allylic oxidation sites excluding steroid dienone is 1. The van der Waals surface area contributed by atoms with Crippen LogP contribution in [0.1, 0.15) is 5.69 Å². The topological polar surface area (TPSA) is 52.8 Å². The Labute approximate surface area is 182 Å². The fourth-order valence-corrected chi connectivity index (χ4v) is 4.73. The van der Waals surface area contributed by atoms with Gasteiger partial charge in [0.15, 0.2) is 11.0 Å². The average molecular weight is 439 g/mol. The van der Waals surface area contributed by atoms with Gasteiger partial charge in [-0.3, -0.25) is 4.57 Å². The zero-order valence-electron chi connectivity index (χ0n) is 16.3. The Bertz CT molecular complexity index is 1150. The average Bonchev–Trinajstić information content (AvgIpc) is 3.40. The highest BCUT2D eigenvalue weighted by Crippen LogP contribution is 2.32. The summed E-state index contributed by atoms with van der Waals surface area (Å²) in [6.07, 6.45) is 1.82. The van der Waals surface area contributed by atoms with Gasteiger partial charge in [-0.15, -0.1) is 28.1 Å². The van der Waals surface area contributed by atoms with Gasteiger partial charge in [0, 0.05) is 23.2 Å². The van der Waals surface area contributed by atoms with E-state index < -0.39 is 0 Å². The number of aromatic nitrogens is 4. The van der Waals surface area contributed by atoms with Crippen molar-refractivity contribution in [2.75, 3.05) is 7.11 Å². The summed E-state index contributed by atoms with van der Waals surface area (Å²) in [5.74, 6) is 1.88. The van der Waals surface area contributed by atoms with Crippen molar-refractivity contribution in [3.05, 3.63) is 78.1 Å². The largest absolute Gasteiger partial charge is 0.496 e. The van der Waals surface area contributed by atoms with Gasteiger partial charge >= 0.3 is 0 Å². The van der Waals surface area contributed by atoms with Crippen LogP contribution in [-0.4, -0.2) is 26.9 Å². The summed E-state index contributed by atoms with van der Waals surface area (Å²) in [6.45, 7) is 4.45. The molecule has 2 aromatic heterocycles. The summed E-state index contributed by atoms with van der Waals surface area (Å²) < 4.78 is 20.6. The number of para-hydroxylation sites is 1. The number of benzene rings is 2. The maximum atomic E-state index is 13.1. The van der Waals surface area contributed by atoms with Gasteiger partial charge < -0.3 is 4.74 Å². The van der Waals surface area contributed by atoms with E-state index in [1.165, 1.54) is 12.1 Å². The summed E-state index contributed by atoms with van der Waals surface area (Å²) in [5, 5.41) is 12.4. The van der Waals surface area contributed by atoms with E-state index >= 15 is 0 Å². The number of hydrogen-bond acceptors (Lipinski definition) is 6. The summed E-state index contributed by atoms with van der Waals surface area (Å²) in [6, 6.07) is 14.1. The second kappa shape index (κ2) is 9.23. The zero-order chi connectivity index (χ0) is 20.9. The molecule has 0 amide bonds. The molecule has 2 heterocycles. The number of nitrogens with zero attached hydrogens (tertiary/aromatic N) is 4. The molecule has 0 aliphatic carbocycles. The van der Waals surface area contributed by atoms with Crippen molar-refractivity contribution in [2.24, 2.45) is 0 Å². The van der Waals surface area contributed by atoms with Crippen molar-refractivity contribution in [3.63, 3.8) is 0 Å². The van der Waals surface area contributed by atoms with Gasteiger partial charge in [-0.2, -0.15) is 0 Å². The lowest BCUT2D eigenvalue weighted by atomic mass is 10.2. The number of halogens is 1. The van der Waals surface area contributed by atoms with Crippen molar-refractivity contribution < 1.29 is 9.13 Å². The Kier molecular flexibility index (Phi) is 6.25. The molecule has 0 saturated carbocycles. The monoisotopic (exact) mass is 438 g/mol. The minimum absolute atomic E-state index is 0.251. The predicted molar refractivity (Wildman–Crippen MR) is 119 cm³/mol. The van der Waals surface area contributed by atoms with E-state index in [1.54, 1.807) is 42.3 Å². The fraction of sp³-hybridized carbons (Fsp3) is 0.136. The smallest absolute Gasteiger partial charge is 0.192 e. The van der Waals surface area contributed by atoms with Crippen LogP contribution < -0.4 is 4.74 Å². The molecule has 0 aliphatic rings. The van der Waals surface area contributed by atoms with Crippen LogP contribution in [0.15, 0.2) is 71.7 Å². The van der Waals surface area contributed by atoms with E-state index in [0.717, 1.165) is 38.6 Å². The minimum atomic E-state index is -0.251. The molecule has 30 heavy (non-hydrogen) atoms. The quantitative estimate of drug-likeness (QED) is 0.261. The van der Waals surface area contributed by atoms with Gasteiger partial charge in [0.25, 0.3) is 0 Å². The van der Waals surface area contributed by atoms with E-state index in [1.807, 2.05) is 40.3 Å². The highest BCUT2D eigenvalue weighted by atomic mass is 32.2. The molecule has 4 aromatic rings. The van der Waals surface area contributed by atoms with Crippen molar-refractivity contribution in [1.82, 2.24) is 19.7 Å². The van der Waals surface area contributed by atoms with Crippen LogP contribution in [0.3, 0.4) is 0 Å². The van der Waals surface area contributed by atoms with Crippen LogP contribution in [0.4, 0.5) is 4.39 Å². The van der Waals surface area contributed by atoms with E-state index in [0.29, 0.717) is 12.3 Å². The third kappa shape index (κ3) is 4.29. The molecule has 0 unspecified atom stereocenters. The van der Waals surface area contributed by atoms with Gasteiger partial charge in [0.05, 0.1) is 18.4 Å². The van der Waals surface area contributed by atoms with Crippen molar-refractivity contribution >= 4 is 23.1 Å². The van der Waals surface area contributed by atoms with Gasteiger partial charge in [0.2, 0.25) is 0 Å². The predicted octanol–water partition coefficient (Wildman–Crippen LogP) is 5.69. The number of rotatable bonds is 8. The Morgan fingerprint density at radius 3 is 2.73 bits per heavy atom. The maximum absolute atomic E-state index is 13.1. The molecule has 2 aromatic carbocycles. The molecule has 8 heteroatoms. The fourth-order valence-electron chi connectivity index (χ4n) is 2.95.